The number of hydrogen-bond acceptors (Lipinski definition) is 4. The van der Waals surface area contributed by atoms with Gasteiger partial charge < -0.3 is 4.57 Å². The quantitative estimate of drug-likeness (QED) is 0.814. The molecule has 0 aromatic carbocycles. The molecule has 19 heavy (non-hydrogen) atoms. The van der Waals surface area contributed by atoms with Crippen LogP contribution in [0, 0.1) is 4.77 Å². The molecule has 1 aliphatic rings. The Morgan fingerprint density at radius 2 is 2.37 bits per heavy atom. The van der Waals surface area contributed by atoms with E-state index in [1.807, 2.05) is 26.9 Å². The van der Waals surface area contributed by atoms with Crippen molar-refractivity contribution >= 4 is 23.6 Å². The van der Waals surface area contributed by atoms with Crippen LogP contribution in [0.15, 0.2) is 17.8 Å². The molecule has 2 aromatic heterocycles. The molecule has 6 heteroatoms. The van der Waals surface area contributed by atoms with E-state index in [0.29, 0.717) is 6.04 Å². The predicted octanol–water partition coefficient (Wildman–Crippen LogP) is 3.07. The zero-order valence-electron chi connectivity index (χ0n) is 11.2. The van der Waals surface area contributed by atoms with E-state index in [1.165, 1.54) is 10.4 Å². The van der Waals surface area contributed by atoms with Crippen molar-refractivity contribution in [2.75, 3.05) is 6.54 Å². The number of aryl methyl sites for hydroxylation is 1. The summed E-state index contributed by atoms with van der Waals surface area (Å²) in [6, 6.07) is 2.70. The summed E-state index contributed by atoms with van der Waals surface area (Å²) < 4.78 is 4.73. The van der Waals surface area contributed by atoms with Crippen molar-refractivity contribution < 1.29 is 0 Å². The summed E-state index contributed by atoms with van der Waals surface area (Å²) in [7, 11) is 0. The molecular weight excluding hydrogens is 276 g/mol. The third-order valence-corrected chi connectivity index (χ3v) is 5.30. The van der Waals surface area contributed by atoms with Crippen molar-refractivity contribution in [3.63, 3.8) is 0 Å². The molecule has 0 unspecified atom stereocenters. The van der Waals surface area contributed by atoms with Crippen molar-refractivity contribution in [3.8, 4) is 0 Å². The van der Waals surface area contributed by atoms with Gasteiger partial charge in [0, 0.05) is 24.0 Å². The second-order valence-corrected chi connectivity index (χ2v) is 6.24. The Morgan fingerprint density at radius 1 is 1.53 bits per heavy atom. The fourth-order valence-corrected chi connectivity index (χ4v) is 3.86. The van der Waals surface area contributed by atoms with Gasteiger partial charge in [-0.2, -0.15) is 5.10 Å². The van der Waals surface area contributed by atoms with E-state index in [2.05, 4.69) is 35.3 Å². The van der Waals surface area contributed by atoms with E-state index in [1.54, 1.807) is 0 Å². The van der Waals surface area contributed by atoms with Crippen molar-refractivity contribution in [2.24, 2.45) is 0 Å². The molecule has 3 heterocycles. The van der Waals surface area contributed by atoms with Gasteiger partial charge in [-0.25, -0.2) is 4.68 Å². The van der Waals surface area contributed by atoms with Gasteiger partial charge in [-0.15, -0.1) is 11.3 Å². The average molecular weight is 294 g/mol. The monoisotopic (exact) mass is 294 g/mol. The van der Waals surface area contributed by atoms with Gasteiger partial charge in [0.2, 0.25) is 0 Å². The third-order valence-electron chi connectivity index (χ3n) is 3.86. The standard InChI is InChI=1S/C13H18N4S2/c1-3-15-8-14-17(13(15)18)9-16-6-4-12-11(10(16)2)5-7-19-12/h5,7-8,10H,3-4,6,9H2,1-2H3/t10-/m1/s1. The summed E-state index contributed by atoms with van der Waals surface area (Å²) in [6.45, 7) is 7.09. The minimum atomic E-state index is 0.448. The molecular formula is C13H18N4S2. The van der Waals surface area contributed by atoms with Crippen LogP contribution >= 0.6 is 23.6 Å². The van der Waals surface area contributed by atoms with E-state index < -0.39 is 0 Å². The maximum atomic E-state index is 5.43. The Balaban J connectivity index is 1.81. The van der Waals surface area contributed by atoms with E-state index in [-0.39, 0.29) is 0 Å². The highest BCUT2D eigenvalue weighted by Gasteiger charge is 2.25. The Morgan fingerprint density at radius 3 is 3.11 bits per heavy atom. The van der Waals surface area contributed by atoms with Crippen molar-refractivity contribution in [3.05, 3.63) is 33.0 Å². The molecule has 102 valence electrons. The molecule has 0 bridgehead atoms. The first-order valence-electron chi connectivity index (χ1n) is 6.63. The van der Waals surface area contributed by atoms with E-state index in [4.69, 9.17) is 12.2 Å². The normalized spacial score (nSPS) is 19.6. The highest BCUT2D eigenvalue weighted by atomic mass is 32.1. The van der Waals surface area contributed by atoms with E-state index in [0.717, 1.165) is 31.0 Å². The number of rotatable bonds is 3. The Labute approximate surface area is 122 Å². The number of fused-ring (bicyclic) bond motifs is 1. The number of aromatic nitrogens is 3. The van der Waals surface area contributed by atoms with Crippen LogP contribution in [-0.2, 0) is 19.6 Å². The summed E-state index contributed by atoms with van der Waals surface area (Å²) >= 11 is 7.31. The van der Waals surface area contributed by atoms with Gasteiger partial charge in [-0.3, -0.25) is 4.90 Å². The molecule has 0 radical (unpaired) electrons. The minimum Gasteiger partial charge on any atom is -0.307 e. The molecule has 0 saturated heterocycles. The molecule has 0 aliphatic carbocycles. The molecule has 2 aromatic rings. The predicted molar refractivity (Wildman–Crippen MR) is 79.9 cm³/mol. The van der Waals surface area contributed by atoms with Gasteiger partial charge in [0.1, 0.15) is 6.33 Å². The lowest BCUT2D eigenvalue weighted by molar-refractivity contribution is 0.144. The summed E-state index contributed by atoms with van der Waals surface area (Å²) in [5, 5.41) is 6.59. The first-order chi connectivity index (χ1) is 9.20. The first-order valence-corrected chi connectivity index (χ1v) is 7.92. The van der Waals surface area contributed by atoms with Crippen LogP contribution in [0.25, 0.3) is 0 Å². The zero-order chi connectivity index (χ0) is 13.4. The van der Waals surface area contributed by atoms with Crippen LogP contribution in [0.4, 0.5) is 0 Å². The fourth-order valence-electron chi connectivity index (χ4n) is 2.61. The first kappa shape index (κ1) is 13.0. The second kappa shape index (κ2) is 5.19. The molecule has 0 spiro atoms. The third kappa shape index (κ3) is 2.28. The van der Waals surface area contributed by atoms with Gasteiger partial charge in [0.25, 0.3) is 0 Å². The Kier molecular flexibility index (Phi) is 3.56. The van der Waals surface area contributed by atoms with Crippen LogP contribution in [0.3, 0.4) is 0 Å². The molecule has 0 fully saturated rings. The molecule has 0 saturated carbocycles. The smallest absolute Gasteiger partial charge is 0.198 e. The summed E-state index contributed by atoms with van der Waals surface area (Å²) in [5.74, 6) is 0. The summed E-state index contributed by atoms with van der Waals surface area (Å²) in [6.07, 6.45) is 2.96. The highest BCUT2D eigenvalue weighted by Crippen LogP contribution is 2.32. The fraction of sp³-hybridized carbons (Fsp3) is 0.538. The van der Waals surface area contributed by atoms with Crippen molar-refractivity contribution in [2.45, 2.75) is 39.5 Å². The van der Waals surface area contributed by atoms with Gasteiger partial charge in [0.15, 0.2) is 4.77 Å². The lowest BCUT2D eigenvalue weighted by Gasteiger charge is -2.33. The molecule has 3 rings (SSSR count). The SMILES string of the molecule is CCn1cnn(CN2CCc3sccc3[C@H]2C)c1=S. The topological polar surface area (TPSA) is 26.0 Å². The molecule has 1 aliphatic heterocycles. The number of nitrogens with zero attached hydrogens (tertiary/aromatic N) is 4. The van der Waals surface area contributed by atoms with Crippen LogP contribution < -0.4 is 0 Å². The highest BCUT2D eigenvalue weighted by molar-refractivity contribution is 7.71. The largest absolute Gasteiger partial charge is 0.307 e. The molecule has 0 N–H and O–H groups in total. The summed E-state index contributed by atoms with van der Waals surface area (Å²) in [4.78, 5) is 3.98. The minimum absolute atomic E-state index is 0.448. The van der Waals surface area contributed by atoms with Crippen LogP contribution in [0.2, 0.25) is 0 Å². The lowest BCUT2D eigenvalue weighted by Crippen LogP contribution is -2.35. The van der Waals surface area contributed by atoms with Crippen LogP contribution in [0.5, 0.6) is 0 Å². The Bertz CT molecular complexity index is 625. The Hall–Kier alpha value is -0.980. The van der Waals surface area contributed by atoms with E-state index in [9.17, 15) is 0 Å². The van der Waals surface area contributed by atoms with Crippen molar-refractivity contribution in [1.82, 2.24) is 19.2 Å². The second-order valence-electron chi connectivity index (χ2n) is 4.88. The van der Waals surface area contributed by atoms with Gasteiger partial charge in [-0.05, 0) is 49.5 Å². The summed E-state index contributed by atoms with van der Waals surface area (Å²) in [5.41, 5.74) is 1.47. The van der Waals surface area contributed by atoms with Crippen LogP contribution in [-0.4, -0.2) is 25.8 Å². The molecule has 0 amide bonds. The number of hydrogen-bond donors (Lipinski definition) is 0. The molecule has 1 atom stereocenters. The zero-order valence-corrected chi connectivity index (χ0v) is 12.9. The van der Waals surface area contributed by atoms with Gasteiger partial charge in [0.05, 0.1) is 6.67 Å². The lowest BCUT2D eigenvalue weighted by atomic mass is 10.0. The van der Waals surface area contributed by atoms with Gasteiger partial charge in [-0.1, -0.05) is 0 Å². The maximum absolute atomic E-state index is 5.43. The number of thiophene rings is 1. The van der Waals surface area contributed by atoms with E-state index >= 15 is 0 Å². The van der Waals surface area contributed by atoms with Crippen molar-refractivity contribution in [1.29, 1.82) is 0 Å². The van der Waals surface area contributed by atoms with Gasteiger partial charge >= 0.3 is 0 Å². The van der Waals surface area contributed by atoms with Crippen LogP contribution in [0.1, 0.15) is 30.3 Å². The average Bonchev–Trinajstić information content (AvgIpc) is 3.01. The molecule has 4 nitrogen and oxygen atoms in total. The maximum Gasteiger partial charge on any atom is 0.198 e.